The van der Waals surface area contributed by atoms with Crippen LogP contribution in [0, 0.1) is 0 Å². The van der Waals surface area contributed by atoms with Crippen molar-refractivity contribution in [2.75, 3.05) is 39.5 Å². The molecule has 0 bridgehead atoms. The number of fused-ring (bicyclic) bond motifs is 2. The largest absolute Gasteiger partial charge is 0.454 e. The topological polar surface area (TPSA) is 45.3 Å². The molecule has 1 atom stereocenters. The number of benzene rings is 3. The van der Waals surface area contributed by atoms with Crippen molar-refractivity contribution in [2.45, 2.75) is 38.4 Å². The predicted octanol–water partition coefficient (Wildman–Crippen LogP) is 4.27. The van der Waals surface area contributed by atoms with Crippen molar-refractivity contribution in [3.05, 3.63) is 71.8 Å². The molecule has 3 aromatic carbocycles. The number of ether oxygens (including phenoxy) is 2. The molecule has 6 rings (SSSR count). The first kappa shape index (κ1) is 22.4. The van der Waals surface area contributed by atoms with Crippen LogP contribution in [0.1, 0.15) is 30.4 Å². The molecule has 0 aromatic heterocycles. The summed E-state index contributed by atoms with van der Waals surface area (Å²) in [5.74, 6) is 2.00. The zero-order valence-electron chi connectivity index (χ0n) is 20.2. The van der Waals surface area contributed by atoms with Crippen LogP contribution in [-0.4, -0.2) is 66.2 Å². The van der Waals surface area contributed by atoms with Gasteiger partial charge in [-0.3, -0.25) is 14.6 Å². The van der Waals surface area contributed by atoms with E-state index in [2.05, 4.69) is 69.3 Å². The third-order valence-corrected chi connectivity index (χ3v) is 7.73. The third kappa shape index (κ3) is 5.00. The summed E-state index contributed by atoms with van der Waals surface area (Å²) in [6.45, 7) is 7.04. The number of nitrogens with zero attached hydrogens (tertiary/aromatic N) is 3. The number of likely N-dealkylation sites (tertiary alicyclic amines) is 1. The van der Waals surface area contributed by atoms with Crippen LogP contribution in [0.2, 0.25) is 0 Å². The van der Waals surface area contributed by atoms with Crippen molar-refractivity contribution >= 4 is 16.7 Å². The average Bonchev–Trinajstić information content (AvgIpc) is 3.28. The lowest BCUT2D eigenvalue weighted by atomic mass is 10.1. The van der Waals surface area contributed by atoms with Gasteiger partial charge in [-0.2, -0.15) is 0 Å². The molecule has 6 heteroatoms. The zero-order chi connectivity index (χ0) is 23.6. The predicted molar refractivity (Wildman–Crippen MR) is 136 cm³/mol. The summed E-state index contributed by atoms with van der Waals surface area (Å²) in [6, 6.07) is 21.7. The number of rotatable bonds is 5. The molecule has 0 N–H and O–H groups in total. The molecule has 6 nitrogen and oxygen atoms in total. The summed E-state index contributed by atoms with van der Waals surface area (Å²) in [5.41, 5.74) is 2.49. The van der Waals surface area contributed by atoms with Gasteiger partial charge in [0.05, 0.1) is 0 Å². The molecule has 0 radical (unpaired) electrons. The highest BCUT2D eigenvalue weighted by atomic mass is 16.7. The molecule has 3 heterocycles. The number of amides is 1. The molecule has 35 heavy (non-hydrogen) atoms. The third-order valence-electron chi connectivity index (χ3n) is 7.73. The summed E-state index contributed by atoms with van der Waals surface area (Å²) in [4.78, 5) is 20.1. The Hall–Kier alpha value is -3.09. The SMILES string of the molecule is O=C1CC[C@H](N2CCN(Cc3ccc4c(c3)OCO4)CC2)CCN1Cc1ccc2ccccc2c1. The molecule has 1 amide bonds. The Balaban J connectivity index is 1.02. The normalized spacial score (nSPS) is 21.4. The number of carbonyl (C=O) groups is 1. The minimum absolute atomic E-state index is 0.294. The standard InChI is InChI=1S/C29H33N3O3/c33-29-10-8-26(11-12-32(29)20-22-5-7-24-3-1-2-4-25(24)17-22)31-15-13-30(14-16-31)19-23-6-9-27-28(18-23)35-21-34-27/h1-7,9,17-18,26H,8,10-16,19-21H2/t26-/m0/s1. The van der Waals surface area contributed by atoms with Crippen molar-refractivity contribution in [3.8, 4) is 11.5 Å². The molecular weight excluding hydrogens is 438 g/mol. The molecule has 0 unspecified atom stereocenters. The van der Waals surface area contributed by atoms with Gasteiger partial charge in [-0.15, -0.1) is 0 Å². The molecule has 0 spiro atoms. The molecular formula is C29H33N3O3. The fourth-order valence-corrected chi connectivity index (χ4v) is 5.70. The van der Waals surface area contributed by atoms with Crippen molar-refractivity contribution in [1.29, 1.82) is 0 Å². The van der Waals surface area contributed by atoms with Crippen LogP contribution in [0.15, 0.2) is 60.7 Å². The Kier molecular flexibility index (Phi) is 6.32. The van der Waals surface area contributed by atoms with Gasteiger partial charge >= 0.3 is 0 Å². The highest BCUT2D eigenvalue weighted by Crippen LogP contribution is 2.33. The van der Waals surface area contributed by atoms with Crippen LogP contribution < -0.4 is 9.47 Å². The van der Waals surface area contributed by atoms with Crippen LogP contribution in [-0.2, 0) is 17.9 Å². The Bertz CT molecular complexity index is 1200. The maximum atomic E-state index is 12.9. The number of hydrogen-bond donors (Lipinski definition) is 0. The smallest absolute Gasteiger partial charge is 0.231 e. The maximum absolute atomic E-state index is 12.9. The van der Waals surface area contributed by atoms with Gasteiger partial charge in [0.25, 0.3) is 0 Å². The minimum atomic E-state index is 0.294. The Morgan fingerprint density at radius 1 is 0.743 bits per heavy atom. The first-order valence-electron chi connectivity index (χ1n) is 12.8. The quantitative estimate of drug-likeness (QED) is 0.556. The molecule has 3 aliphatic rings. The van der Waals surface area contributed by atoms with Gasteiger partial charge in [0.15, 0.2) is 11.5 Å². The minimum Gasteiger partial charge on any atom is -0.454 e. The van der Waals surface area contributed by atoms with Crippen LogP contribution in [0.3, 0.4) is 0 Å². The fourth-order valence-electron chi connectivity index (χ4n) is 5.70. The van der Waals surface area contributed by atoms with Gasteiger partial charge in [0, 0.05) is 58.3 Å². The lowest BCUT2D eigenvalue weighted by molar-refractivity contribution is -0.131. The van der Waals surface area contributed by atoms with E-state index in [-0.39, 0.29) is 0 Å². The maximum Gasteiger partial charge on any atom is 0.231 e. The highest BCUT2D eigenvalue weighted by Gasteiger charge is 2.29. The molecule has 2 fully saturated rings. The van der Waals surface area contributed by atoms with Gasteiger partial charge in [-0.25, -0.2) is 0 Å². The van der Waals surface area contributed by atoms with Gasteiger partial charge < -0.3 is 14.4 Å². The summed E-state index contributed by atoms with van der Waals surface area (Å²) in [5, 5.41) is 2.49. The van der Waals surface area contributed by atoms with Gasteiger partial charge in [0.2, 0.25) is 12.7 Å². The van der Waals surface area contributed by atoms with Crippen LogP contribution in [0.25, 0.3) is 10.8 Å². The van der Waals surface area contributed by atoms with E-state index in [0.717, 1.165) is 63.6 Å². The molecule has 3 aliphatic heterocycles. The Labute approximate surface area is 207 Å². The van der Waals surface area contributed by atoms with E-state index in [9.17, 15) is 4.79 Å². The summed E-state index contributed by atoms with van der Waals surface area (Å²) in [7, 11) is 0. The molecule has 182 valence electrons. The van der Waals surface area contributed by atoms with E-state index >= 15 is 0 Å². The van der Waals surface area contributed by atoms with Crippen molar-refractivity contribution in [3.63, 3.8) is 0 Å². The van der Waals surface area contributed by atoms with E-state index in [1.807, 2.05) is 6.07 Å². The Morgan fingerprint density at radius 2 is 1.51 bits per heavy atom. The van der Waals surface area contributed by atoms with Gasteiger partial charge in [-0.1, -0.05) is 42.5 Å². The van der Waals surface area contributed by atoms with Crippen molar-refractivity contribution < 1.29 is 14.3 Å². The van der Waals surface area contributed by atoms with E-state index in [1.54, 1.807) is 0 Å². The number of carbonyl (C=O) groups excluding carboxylic acids is 1. The summed E-state index contributed by atoms with van der Waals surface area (Å²) >= 11 is 0. The second-order valence-electron chi connectivity index (χ2n) is 9.98. The van der Waals surface area contributed by atoms with E-state index in [4.69, 9.17) is 9.47 Å². The van der Waals surface area contributed by atoms with Crippen LogP contribution in [0.5, 0.6) is 11.5 Å². The lowest BCUT2D eigenvalue weighted by Gasteiger charge is -2.39. The zero-order valence-corrected chi connectivity index (χ0v) is 20.2. The van der Waals surface area contributed by atoms with Gasteiger partial charge in [-0.05, 0) is 52.9 Å². The van der Waals surface area contributed by atoms with Crippen LogP contribution in [0.4, 0.5) is 0 Å². The number of piperazine rings is 1. The van der Waals surface area contributed by atoms with Crippen molar-refractivity contribution in [1.82, 2.24) is 14.7 Å². The van der Waals surface area contributed by atoms with Crippen LogP contribution >= 0.6 is 0 Å². The van der Waals surface area contributed by atoms with Crippen molar-refractivity contribution in [2.24, 2.45) is 0 Å². The van der Waals surface area contributed by atoms with E-state index < -0.39 is 0 Å². The highest BCUT2D eigenvalue weighted by molar-refractivity contribution is 5.83. The lowest BCUT2D eigenvalue weighted by Crippen LogP contribution is -2.50. The summed E-state index contributed by atoms with van der Waals surface area (Å²) in [6.07, 6.45) is 2.67. The summed E-state index contributed by atoms with van der Waals surface area (Å²) < 4.78 is 11.0. The number of hydrogen-bond acceptors (Lipinski definition) is 5. The van der Waals surface area contributed by atoms with E-state index in [1.165, 1.54) is 21.9 Å². The molecule has 0 saturated carbocycles. The van der Waals surface area contributed by atoms with Gasteiger partial charge in [0.1, 0.15) is 0 Å². The first-order chi connectivity index (χ1) is 17.2. The first-order valence-corrected chi connectivity index (χ1v) is 12.8. The van der Waals surface area contributed by atoms with E-state index in [0.29, 0.717) is 31.7 Å². The molecule has 2 saturated heterocycles. The second kappa shape index (κ2) is 9.88. The Morgan fingerprint density at radius 3 is 2.40 bits per heavy atom. The molecule has 3 aromatic rings. The fraction of sp³-hybridized carbons (Fsp3) is 0.414. The molecule has 0 aliphatic carbocycles. The monoisotopic (exact) mass is 471 g/mol. The average molecular weight is 472 g/mol. The second-order valence-corrected chi connectivity index (χ2v) is 9.98.